The van der Waals surface area contributed by atoms with Crippen molar-refractivity contribution in [2.45, 2.75) is 6.42 Å². The van der Waals surface area contributed by atoms with E-state index in [0.29, 0.717) is 6.54 Å². The first-order valence-electron chi connectivity index (χ1n) is 4.54. The molecule has 1 heterocycles. The number of esters is 1. The molecule has 1 aliphatic rings. The van der Waals surface area contributed by atoms with E-state index in [9.17, 15) is 14.4 Å². The van der Waals surface area contributed by atoms with E-state index < -0.39 is 11.9 Å². The molecule has 0 spiro atoms. The Labute approximate surface area is 92.3 Å². The highest BCUT2D eigenvalue weighted by Crippen LogP contribution is 2.14. The van der Waals surface area contributed by atoms with Gasteiger partial charge in [0.2, 0.25) is 5.91 Å². The van der Waals surface area contributed by atoms with Crippen molar-refractivity contribution in [3.8, 4) is 0 Å². The van der Waals surface area contributed by atoms with Gasteiger partial charge >= 0.3 is 5.97 Å². The average Bonchev–Trinajstić information content (AvgIpc) is 2.27. The number of amides is 1. The van der Waals surface area contributed by atoms with Crippen molar-refractivity contribution >= 4 is 29.3 Å². The van der Waals surface area contributed by atoms with E-state index in [1.165, 1.54) is 12.0 Å². The van der Waals surface area contributed by atoms with Gasteiger partial charge < -0.3 is 9.64 Å². The van der Waals surface area contributed by atoms with E-state index in [4.69, 9.17) is 11.6 Å². The summed E-state index contributed by atoms with van der Waals surface area (Å²) in [5.74, 6) is -2.02. The van der Waals surface area contributed by atoms with Gasteiger partial charge in [-0.2, -0.15) is 0 Å². The molecule has 0 aromatic heterocycles. The summed E-state index contributed by atoms with van der Waals surface area (Å²) in [5, 5.41) is 0. The molecule has 6 heteroatoms. The third-order valence-corrected chi connectivity index (χ3v) is 2.60. The van der Waals surface area contributed by atoms with Gasteiger partial charge in [-0.3, -0.25) is 14.4 Å². The number of ether oxygens (including phenoxy) is 1. The summed E-state index contributed by atoms with van der Waals surface area (Å²) in [4.78, 5) is 35.3. The van der Waals surface area contributed by atoms with E-state index in [1.807, 2.05) is 0 Å². The third-order valence-electron chi connectivity index (χ3n) is 2.37. The molecule has 84 valence electrons. The minimum Gasteiger partial charge on any atom is -0.468 e. The fourth-order valence-electron chi connectivity index (χ4n) is 1.49. The lowest BCUT2D eigenvalue weighted by molar-refractivity contribution is -0.153. The minimum absolute atomic E-state index is 0.0804. The summed E-state index contributed by atoms with van der Waals surface area (Å²) in [7, 11) is 1.22. The molecule has 0 radical (unpaired) electrons. The largest absolute Gasteiger partial charge is 0.468 e. The van der Waals surface area contributed by atoms with E-state index in [2.05, 4.69) is 4.74 Å². The highest BCUT2D eigenvalue weighted by atomic mass is 35.5. The van der Waals surface area contributed by atoms with Crippen molar-refractivity contribution in [2.75, 3.05) is 26.1 Å². The van der Waals surface area contributed by atoms with Gasteiger partial charge in [-0.1, -0.05) is 0 Å². The number of halogens is 1. The van der Waals surface area contributed by atoms with Crippen LogP contribution in [-0.2, 0) is 19.1 Å². The molecule has 1 rings (SSSR count). The molecule has 0 aromatic carbocycles. The van der Waals surface area contributed by atoms with Gasteiger partial charge in [0, 0.05) is 19.5 Å². The van der Waals surface area contributed by atoms with E-state index in [0.717, 1.165) is 0 Å². The Hall–Kier alpha value is -1.10. The minimum atomic E-state index is -0.851. The Morgan fingerprint density at radius 3 is 2.80 bits per heavy atom. The van der Waals surface area contributed by atoms with Gasteiger partial charge in [0.15, 0.2) is 5.78 Å². The Balaban J connectivity index is 2.68. The van der Waals surface area contributed by atoms with Gasteiger partial charge in [0.05, 0.1) is 7.11 Å². The van der Waals surface area contributed by atoms with Gasteiger partial charge in [-0.25, -0.2) is 0 Å². The number of methoxy groups -OCH3 is 1. The number of hydrogen-bond donors (Lipinski definition) is 0. The van der Waals surface area contributed by atoms with Crippen LogP contribution in [0.2, 0.25) is 0 Å². The summed E-state index contributed by atoms with van der Waals surface area (Å²) in [6.45, 7) is 0.412. The maximum absolute atomic E-state index is 11.4. The van der Waals surface area contributed by atoms with E-state index in [-0.39, 0.29) is 30.5 Å². The van der Waals surface area contributed by atoms with Crippen molar-refractivity contribution < 1.29 is 19.1 Å². The number of ketones is 1. The Morgan fingerprint density at radius 1 is 1.60 bits per heavy atom. The monoisotopic (exact) mass is 233 g/mol. The normalized spacial score (nSPS) is 21.3. The quantitative estimate of drug-likeness (QED) is 0.377. The standard InChI is InChI=1S/C9H12ClNO4/c1-15-9(14)6-5-11(8(13)4-10)3-2-7(6)12/h6H,2-5H2,1H3. The van der Waals surface area contributed by atoms with Crippen LogP contribution in [0.25, 0.3) is 0 Å². The Bertz CT molecular complexity index is 284. The molecule has 5 nitrogen and oxygen atoms in total. The lowest BCUT2D eigenvalue weighted by Gasteiger charge is -2.29. The number of carbonyl (C=O) groups excluding carboxylic acids is 3. The molecular formula is C9H12ClNO4. The lowest BCUT2D eigenvalue weighted by atomic mass is 9.96. The van der Waals surface area contributed by atoms with Gasteiger partial charge in [-0.05, 0) is 0 Å². The molecule has 1 aliphatic heterocycles. The van der Waals surface area contributed by atoms with Crippen molar-refractivity contribution in [1.82, 2.24) is 4.90 Å². The van der Waals surface area contributed by atoms with Crippen LogP contribution in [0.15, 0.2) is 0 Å². The fraction of sp³-hybridized carbons (Fsp3) is 0.667. The van der Waals surface area contributed by atoms with Crippen LogP contribution in [0.1, 0.15) is 6.42 Å². The zero-order chi connectivity index (χ0) is 11.4. The first kappa shape index (κ1) is 12.0. The molecule has 1 atom stereocenters. The number of alkyl halides is 1. The zero-order valence-corrected chi connectivity index (χ0v) is 9.12. The van der Waals surface area contributed by atoms with Crippen LogP contribution in [0.5, 0.6) is 0 Å². The van der Waals surface area contributed by atoms with Crippen molar-refractivity contribution in [1.29, 1.82) is 0 Å². The highest BCUT2D eigenvalue weighted by Gasteiger charge is 2.35. The Kier molecular flexibility index (Phi) is 4.08. The van der Waals surface area contributed by atoms with Gasteiger partial charge in [0.25, 0.3) is 0 Å². The van der Waals surface area contributed by atoms with E-state index in [1.54, 1.807) is 0 Å². The average molecular weight is 234 g/mol. The number of nitrogens with zero attached hydrogens (tertiary/aromatic N) is 1. The number of likely N-dealkylation sites (tertiary alicyclic amines) is 1. The molecule has 0 saturated carbocycles. The van der Waals surface area contributed by atoms with Crippen molar-refractivity contribution in [3.63, 3.8) is 0 Å². The fourth-order valence-corrected chi connectivity index (χ4v) is 1.66. The topological polar surface area (TPSA) is 63.7 Å². The number of Topliss-reactive ketones (excluding diaryl/α,β-unsaturated/α-hetero) is 1. The maximum atomic E-state index is 11.4. The summed E-state index contributed by atoms with van der Waals surface area (Å²) in [6.07, 6.45) is 0.183. The second-order valence-corrected chi connectivity index (χ2v) is 3.53. The van der Waals surface area contributed by atoms with Crippen LogP contribution in [0.4, 0.5) is 0 Å². The molecule has 0 N–H and O–H groups in total. The van der Waals surface area contributed by atoms with Crippen LogP contribution in [0.3, 0.4) is 0 Å². The highest BCUT2D eigenvalue weighted by molar-refractivity contribution is 6.27. The Morgan fingerprint density at radius 2 is 2.27 bits per heavy atom. The van der Waals surface area contributed by atoms with Gasteiger partial charge in [-0.15, -0.1) is 11.6 Å². The first-order chi connectivity index (χ1) is 7.10. The molecule has 0 bridgehead atoms. The molecule has 1 saturated heterocycles. The van der Waals surface area contributed by atoms with Crippen molar-refractivity contribution in [3.05, 3.63) is 0 Å². The third kappa shape index (κ3) is 2.68. The summed E-state index contributed by atoms with van der Waals surface area (Å²) >= 11 is 5.39. The molecule has 15 heavy (non-hydrogen) atoms. The van der Waals surface area contributed by atoms with Crippen LogP contribution in [-0.4, -0.2) is 48.6 Å². The van der Waals surface area contributed by atoms with Crippen LogP contribution in [0, 0.1) is 5.92 Å². The molecule has 1 fully saturated rings. The summed E-state index contributed by atoms with van der Waals surface area (Å²) in [6, 6.07) is 0. The second kappa shape index (κ2) is 5.11. The lowest BCUT2D eigenvalue weighted by Crippen LogP contribution is -2.47. The molecule has 0 aromatic rings. The van der Waals surface area contributed by atoms with Crippen molar-refractivity contribution in [2.24, 2.45) is 5.92 Å². The molecule has 0 aliphatic carbocycles. The maximum Gasteiger partial charge on any atom is 0.318 e. The summed E-state index contributed by atoms with van der Waals surface area (Å²) < 4.78 is 4.49. The van der Waals surface area contributed by atoms with Gasteiger partial charge in [0.1, 0.15) is 11.8 Å². The summed E-state index contributed by atoms with van der Waals surface area (Å²) in [5.41, 5.74) is 0. The number of hydrogen-bond acceptors (Lipinski definition) is 4. The smallest absolute Gasteiger partial charge is 0.318 e. The van der Waals surface area contributed by atoms with E-state index >= 15 is 0 Å². The SMILES string of the molecule is COC(=O)C1CN(C(=O)CCl)CCC1=O. The second-order valence-electron chi connectivity index (χ2n) is 3.27. The van der Waals surface area contributed by atoms with Crippen LogP contribution < -0.4 is 0 Å². The van der Waals surface area contributed by atoms with Crippen LogP contribution >= 0.6 is 11.6 Å². The number of rotatable bonds is 2. The number of piperidine rings is 1. The first-order valence-corrected chi connectivity index (χ1v) is 5.08. The zero-order valence-electron chi connectivity index (χ0n) is 8.36. The predicted octanol–water partition coefficient (Wildman–Crippen LogP) is -0.184. The molecule has 1 unspecified atom stereocenters. The number of carbonyl (C=O) groups is 3. The molecular weight excluding hydrogens is 222 g/mol. The predicted molar refractivity (Wildman–Crippen MR) is 52.4 cm³/mol. The molecule has 1 amide bonds.